The monoisotopic (exact) mass is 270 g/mol. The number of hydrogen-bond donors (Lipinski definition) is 1. The minimum atomic E-state index is 0.0455. The summed E-state index contributed by atoms with van der Waals surface area (Å²) in [6, 6.07) is 8.25. The highest BCUT2D eigenvalue weighted by Crippen LogP contribution is 2.32. The first-order valence-electron chi connectivity index (χ1n) is 5.51. The topological polar surface area (TPSA) is 20.2 Å². The molecule has 2 heteroatoms. The maximum atomic E-state index is 9.51. The van der Waals surface area contributed by atoms with Gasteiger partial charge in [-0.1, -0.05) is 48.0 Å². The van der Waals surface area contributed by atoms with E-state index in [2.05, 4.69) is 41.9 Å². The van der Waals surface area contributed by atoms with E-state index in [0.29, 0.717) is 0 Å². The van der Waals surface area contributed by atoms with Gasteiger partial charge in [-0.15, -0.1) is 0 Å². The second kappa shape index (κ2) is 5.66. The Bertz CT molecular complexity index is 297. The Labute approximate surface area is 101 Å². The SMILES string of the molecule is CCC(CC)(CO)Cc1ccccc1Br. The van der Waals surface area contributed by atoms with Crippen molar-refractivity contribution in [2.75, 3.05) is 6.61 Å². The third-order valence-electron chi connectivity index (χ3n) is 3.36. The lowest BCUT2D eigenvalue weighted by Gasteiger charge is -2.29. The van der Waals surface area contributed by atoms with Crippen LogP contribution in [0.15, 0.2) is 28.7 Å². The summed E-state index contributed by atoms with van der Waals surface area (Å²) in [5, 5.41) is 9.51. The zero-order valence-corrected chi connectivity index (χ0v) is 11.0. The van der Waals surface area contributed by atoms with Crippen LogP contribution in [0.4, 0.5) is 0 Å². The molecule has 0 aliphatic rings. The molecule has 1 aromatic rings. The number of aliphatic hydroxyl groups is 1. The van der Waals surface area contributed by atoms with Gasteiger partial charge < -0.3 is 5.11 Å². The average Bonchev–Trinajstić information content (AvgIpc) is 2.29. The molecule has 84 valence electrons. The van der Waals surface area contributed by atoms with Crippen LogP contribution in [-0.4, -0.2) is 11.7 Å². The third kappa shape index (κ3) is 3.05. The molecule has 0 heterocycles. The van der Waals surface area contributed by atoms with Gasteiger partial charge in [0.25, 0.3) is 0 Å². The van der Waals surface area contributed by atoms with E-state index in [1.165, 1.54) is 5.56 Å². The molecule has 0 fully saturated rings. The van der Waals surface area contributed by atoms with Gasteiger partial charge >= 0.3 is 0 Å². The van der Waals surface area contributed by atoms with Crippen molar-refractivity contribution in [2.24, 2.45) is 5.41 Å². The summed E-state index contributed by atoms with van der Waals surface area (Å²) in [4.78, 5) is 0. The molecular formula is C13H19BrO. The zero-order chi connectivity index (χ0) is 11.3. The van der Waals surface area contributed by atoms with Crippen LogP contribution in [0.2, 0.25) is 0 Å². The van der Waals surface area contributed by atoms with E-state index in [1.807, 2.05) is 12.1 Å². The molecule has 0 aromatic heterocycles. The molecule has 1 nitrogen and oxygen atoms in total. The Morgan fingerprint density at radius 1 is 1.20 bits per heavy atom. The molecule has 0 unspecified atom stereocenters. The largest absolute Gasteiger partial charge is 0.396 e. The van der Waals surface area contributed by atoms with Crippen molar-refractivity contribution in [3.8, 4) is 0 Å². The Morgan fingerprint density at radius 2 is 1.80 bits per heavy atom. The predicted molar refractivity (Wildman–Crippen MR) is 67.9 cm³/mol. The van der Waals surface area contributed by atoms with Crippen LogP contribution >= 0.6 is 15.9 Å². The lowest BCUT2D eigenvalue weighted by molar-refractivity contribution is 0.115. The molecule has 1 N–H and O–H groups in total. The molecule has 0 aliphatic heterocycles. The lowest BCUT2D eigenvalue weighted by Crippen LogP contribution is -2.26. The van der Waals surface area contributed by atoms with E-state index >= 15 is 0 Å². The molecule has 15 heavy (non-hydrogen) atoms. The zero-order valence-electron chi connectivity index (χ0n) is 9.46. The molecule has 0 atom stereocenters. The molecule has 0 radical (unpaired) electrons. The molecule has 0 bridgehead atoms. The second-order valence-electron chi connectivity index (χ2n) is 4.13. The molecule has 0 saturated carbocycles. The third-order valence-corrected chi connectivity index (χ3v) is 4.13. The minimum Gasteiger partial charge on any atom is -0.396 e. The molecule has 0 saturated heterocycles. The van der Waals surface area contributed by atoms with Crippen LogP contribution < -0.4 is 0 Å². The molecular weight excluding hydrogens is 252 g/mol. The van der Waals surface area contributed by atoms with Gasteiger partial charge in [-0.25, -0.2) is 0 Å². The predicted octanol–water partition coefficient (Wildman–Crippen LogP) is 3.79. The molecule has 0 spiro atoms. The van der Waals surface area contributed by atoms with Crippen molar-refractivity contribution >= 4 is 15.9 Å². The maximum Gasteiger partial charge on any atom is 0.0490 e. The standard InChI is InChI=1S/C13H19BrO/c1-3-13(4-2,10-15)9-11-7-5-6-8-12(11)14/h5-8,15H,3-4,9-10H2,1-2H3. The average molecular weight is 271 g/mol. The van der Waals surface area contributed by atoms with Crippen molar-refractivity contribution in [2.45, 2.75) is 33.1 Å². The molecule has 1 rings (SSSR count). The first-order valence-corrected chi connectivity index (χ1v) is 6.31. The number of benzene rings is 1. The normalized spacial score (nSPS) is 11.7. The number of hydrogen-bond acceptors (Lipinski definition) is 1. The summed E-state index contributed by atoms with van der Waals surface area (Å²) in [6.07, 6.45) is 2.97. The maximum absolute atomic E-state index is 9.51. The summed E-state index contributed by atoms with van der Waals surface area (Å²) in [5.41, 5.74) is 1.33. The number of halogens is 1. The van der Waals surface area contributed by atoms with E-state index in [-0.39, 0.29) is 12.0 Å². The Hall–Kier alpha value is -0.340. The van der Waals surface area contributed by atoms with Gasteiger partial charge in [0.2, 0.25) is 0 Å². The number of aliphatic hydroxyl groups excluding tert-OH is 1. The summed E-state index contributed by atoms with van der Waals surface area (Å²) >= 11 is 3.55. The van der Waals surface area contributed by atoms with Crippen molar-refractivity contribution in [3.63, 3.8) is 0 Å². The van der Waals surface area contributed by atoms with Gasteiger partial charge in [-0.3, -0.25) is 0 Å². The van der Waals surface area contributed by atoms with Gasteiger partial charge in [-0.2, -0.15) is 0 Å². The van der Waals surface area contributed by atoms with Crippen LogP contribution in [-0.2, 0) is 6.42 Å². The minimum absolute atomic E-state index is 0.0455. The van der Waals surface area contributed by atoms with Gasteiger partial charge in [0.15, 0.2) is 0 Å². The van der Waals surface area contributed by atoms with Crippen LogP contribution in [0.5, 0.6) is 0 Å². The highest BCUT2D eigenvalue weighted by Gasteiger charge is 2.26. The highest BCUT2D eigenvalue weighted by molar-refractivity contribution is 9.10. The smallest absolute Gasteiger partial charge is 0.0490 e. The quantitative estimate of drug-likeness (QED) is 0.863. The first kappa shape index (κ1) is 12.7. The summed E-state index contributed by atoms with van der Waals surface area (Å²) in [6.45, 7) is 4.56. The van der Waals surface area contributed by atoms with Crippen molar-refractivity contribution in [3.05, 3.63) is 34.3 Å². The molecule has 0 amide bonds. The van der Waals surface area contributed by atoms with Crippen LogP contribution in [0.25, 0.3) is 0 Å². The van der Waals surface area contributed by atoms with Crippen molar-refractivity contribution in [1.82, 2.24) is 0 Å². The fourth-order valence-electron chi connectivity index (χ4n) is 1.83. The van der Waals surface area contributed by atoms with E-state index < -0.39 is 0 Å². The summed E-state index contributed by atoms with van der Waals surface area (Å²) in [7, 11) is 0. The molecule has 0 aliphatic carbocycles. The van der Waals surface area contributed by atoms with Crippen LogP contribution in [0.1, 0.15) is 32.3 Å². The first-order chi connectivity index (χ1) is 7.17. The van der Waals surface area contributed by atoms with E-state index in [0.717, 1.165) is 23.7 Å². The van der Waals surface area contributed by atoms with E-state index in [1.54, 1.807) is 0 Å². The van der Waals surface area contributed by atoms with E-state index in [9.17, 15) is 5.11 Å². The van der Waals surface area contributed by atoms with Gasteiger partial charge in [0, 0.05) is 11.1 Å². The fraction of sp³-hybridized carbons (Fsp3) is 0.538. The second-order valence-corrected chi connectivity index (χ2v) is 4.99. The van der Waals surface area contributed by atoms with Gasteiger partial charge in [0.1, 0.15) is 0 Å². The van der Waals surface area contributed by atoms with Crippen LogP contribution in [0.3, 0.4) is 0 Å². The van der Waals surface area contributed by atoms with Gasteiger partial charge in [0.05, 0.1) is 0 Å². The van der Waals surface area contributed by atoms with E-state index in [4.69, 9.17) is 0 Å². The Morgan fingerprint density at radius 3 is 2.27 bits per heavy atom. The fourth-order valence-corrected chi connectivity index (χ4v) is 2.25. The van der Waals surface area contributed by atoms with Crippen molar-refractivity contribution < 1.29 is 5.11 Å². The summed E-state index contributed by atoms with van der Waals surface area (Å²) < 4.78 is 1.14. The Kier molecular flexibility index (Phi) is 4.81. The molecule has 1 aromatic carbocycles. The lowest BCUT2D eigenvalue weighted by atomic mass is 9.78. The highest BCUT2D eigenvalue weighted by atomic mass is 79.9. The van der Waals surface area contributed by atoms with Crippen LogP contribution in [0, 0.1) is 5.41 Å². The summed E-state index contributed by atoms with van der Waals surface area (Å²) in [5.74, 6) is 0. The van der Waals surface area contributed by atoms with Crippen molar-refractivity contribution in [1.29, 1.82) is 0 Å². The Balaban J connectivity index is 2.88. The van der Waals surface area contributed by atoms with Gasteiger partial charge in [-0.05, 0) is 36.3 Å². The number of rotatable bonds is 5.